The summed E-state index contributed by atoms with van der Waals surface area (Å²) in [5, 5.41) is 1.43. The van der Waals surface area contributed by atoms with E-state index < -0.39 is 0 Å². The van der Waals surface area contributed by atoms with Crippen molar-refractivity contribution in [1.29, 1.82) is 0 Å². The predicted molar refractivity (Wildman–Crippen MR) is 105 cm³/mol. The summed E-state index contributed by atoms with van der Waals surface area (Å²) in [6, 6.07) is 7.42. The van der Waals surface area contributed by atoms with Crippen molar-refractivity contribution in [1.82, 2.24) is 9.88 Å². The first-order valence-electron chi connectivity index (χ1n) is 7.75. The molecule has 1 fully saturated rings. The molecule has 0 bridgehead atoms. The van der Waals surface area contributed by atoms with Gasteiger partial charge in [0.05, 0.1) is 5.02 Å². The summed E-state index contributed by atoms with van der Waals surface area (Å²) < 4.78 is 5.72. The van der Waals surface area contributed by atoms with Gasteiger partial charge in [-0.2, -0.15) is 0 Å². The van der Waals surface area contributed by atoms with Crippen LogP contribution in [0.5, 0.6) is 5.75 Å². The number of nitrogens with two attached hydrogens (primary N) is 1. The lowest BCUT2D eigenvalue weighted by atomic mass is 10.1. The van der Waals surface area contributed by atoms with Crippen molar-refractivity contribution in [3.8, 4) is 5.75 Å². The summed E-state index contributed by atoms with van der Waals surface area (Å²) >= 11 is 6.16. The third kappa shape index (κ3) is 4.67. The molecular formula is C17H22Cl3N3O2. The van der Waals surface area contributed by atoms with E-state index >= 15 is 0 Å². The predicted octanol–water partition coefficient (Wildman–Crippen LogP) is 3.31. The Hall–Kier alpha value is -1.27. The zero-order chi connectivity index (χ0) is 16.4. The molecule has 3 rings (SSSR count). The van der Waals surface area contributed by atoms with Crippen LogP contribution in [-0.4, -0.2) is 41.5 Å². The largest absolute Gasteiger partial charge is 0.481 e. The number of carbonyl (C=O) groups is 1. The van der Waals surface area contributed by atoms with Gasteiger partial charge in [0, 0.05) is 24.2 Å². The number of fused-ring (bicyclic) bond motifs is 1. The van der Waals surface area contributed by atoms with Crippen LogP contribution >= 0.6 is 36.4 Å². The molecule has 0 aliphatic carbocycles. The molecule has 1 aromatic heterocycles. The van der Waals surface area contributed by atoms with Crippen molar-refractivity contribution < 1.29 is 9.53 Å². The third-order valence-corrected chi connectivity index (χ3v) is 4.68. The van der Waals surface area contributed by atoms with Crippen molar-refractivity contribution in [2.45, 2.75) is 19.4 Å². The van der Waals surface area contributed by atoms with E-state index in [-0.39, 0.29) is 43.4 Å². The van der Waals surface area contributed by atoms with E-state index in [1.54, 1.807) is 18.3 Å². The number of amides is 1. The van der Waals surface area contributed by atoms with Gasteiger partial charge in [-0.05, 0) is 50.1 Å². The van der Waals surface area contributed by atoms with Crippen LogP contribution in [0.25, 0.3) is 10.9 Å². The number of pyridine rings is 1. The maximum Gasteiger partial charge on any atom is 0.260 e. The molecule has 0 radical (unpaired) electrons. The van der Waals surface area contributed by atoms with Gasteiger partial charge in [-0.25, -0.2) is 0 Å². The van der Waals surface area contributed by atoms with Crippen molar-refractivity contribution in [2.24, 2.45) is 11.7 Å². The Morgan fingerprint density at radius 2 is 2.16 bits per heavy atom. The molecular weight excluding hydrogens is 385 g/mol. The highest BCUT2D eigenvalue weighted by Crippen LogP contribution is 2.30. The molecule has 138 valence electrons. The van der Waals surface area contributed by atoms with E-state index in [0.717, 1.165) is 11.8 Å². The lowest BCUT2D eigenvalue weighted by Gasteiger charge is -2.21. The summed E-state index contributed by atoms with van der Waals surface area (Å²) in [5.41, 5.74) is 6.38. The fourth-order valence-electron chi connectivity index (χ4n) is 3.11. The molecule has 1 aliphatic rings. The van der Waals surface area contributed by atoms with Gasteiger partial charge in [-0.3, -0.25) is 9.78 Å². The fourth-order valence-corrected chi connectivity index (χ4v) is 3.33. The van der Waals surface area contributed by atoms with Gasteiger partial charge in [0.25, 0.3) is 5.91 Å². The highest BCUT2D eigenvalue weighted by atomic mass is 35.5. The summed E-state index contributed by atoms with van der Waals surface area (Å²) in [5.74, 6) is 0.931. The molecule has 2 unspecified atom stereocenters. The number of ether oxygens (including phenoxy) is 1. The Kier molecular flexibility index (Phi) is 8.22. The Bertz CT molecular complexity index is 729. The molecule has 8 heteroatoms. The first-order chi connectivity index (χ1) is 11.1. The highest BCUT2D eigenvalue weighted by Gasteiger charge is 2.31. The van der Waals surface area contributed by atoms with Crippen LogP contribution in [0.4, 0.5) is 0 Å². The Morgan fingerprint density at radius 1 is 1.40 bits per heavy atom. The zero-order valence-electron chi connectivity index (χ0n) is 13.9. The number of halogens is 3. The summed E-state index contributed by atoms with van der Waals surface area (Å²) in [4.78, 5) is 18.6. The maximum absolute atomic E-state index is 12.4. The molecule has 1 saturated heterocycles. The minimum absolute atomic E-state index is 0. The molecule has 2 atom stereocenters. The second-order valence-corrected chi connectivity index (χ2v) is 6.37. The van der Waals surface area contributed by atoms with Crippen LogP contribution in [0.3, 0.4) is 0 Å². The second-order valence-electron chi connectivity index (χ2n) is 5.97. The number of benzene rings is 1. The Balaban J connectivity index is 0.00000156. The molecule has 2 heterocycles. The lowest BCUT2D eigenvalue weighted by Crippen LogP contribution is -2.37. The van der Waals surface area contributed by atoms with Gasteiger partial charge in [0.1, 0.15) is 11.3 Å². The van der Waals surface area contributed by atoms with Gasteiger partial charge in [-0.1, -0.05) is 11.6 Å². The van der Waals surface area contributed by atoms with Gasteiger partial charge < -0.3 is 15.4 Å². The molecule has 2 aromatic rings. The SMILES string of the molecule is CC1CC(CN)CN1C(=O)COc1ccc(Cl)c2cccnc12.Cl.Cl. The number of rotatable bonds is 4. The van der Waals surface area contributed by atoms with Crippen LogP contribution in [0, 0.1) is 5.92 Å². The molecule has 1 aromatic carbocycles. The monoisotopic (exact) mass is 405 g/mol. The lowest BCUT2D eigenvalue weighted by molar-refractivity contribution is -0.133. The highest BCUT2D eigenvalue weighted by molar-refractivity contribution is 6.35. The van der Waals surface area contributed by atoms with Crippen molar-refractivity contribution in [3.05, 3.63) is 35.5 Å². The van der Waals surface area contributed by atoms with Crippen LogP contribution in [0.1, 0.15) is 13.3 Å². The van der Waals surface area contributed by atoms with Crippen LogP contribution in [0.15, 0.2) is 30.5 Å². The number of carbonyl (C=O) groups excluding carboxylic acids is 1. The number of hydrogen-bond donors (Lipinski definition) is 1. The average molecular weight is 407 g/mol. The van der Waals surface area contributed by atoms with E-state index in [9.17, 15) is 4.79 Å². The molecule has 2 N–H and O–H groups in total. The minimum Gasteiger partial charge on any atom is -0.481 e. The summed E-state index contributed by atoms with van der Waals surface area (Å²) in [6.45, 7) is 3.36. The summed E-state index contributed by atoms with van der Waals surface area (Å²) in [7, 11) is 0. The first-order valence-corrected chi connectivity index (χ1v) is 8.13. The summed E-state index contributed by atoms with van der Waals surface area (Å²) in [6.07, 6.45) is 2.63. The maximum atomic E-state index is 12.4. The van der Waals surface area contributed by atoms with Gasteiger partial charge in [-0.15, -0.1) is 24.8 Å². The quantitative estimate of drug-likeness (QED) is 0.846. The molecule has 5 nitrogen and oxygen atoms in total. The van der Waals surface area contributed by atoms with E-state index in [1.807, 2.05) is 24.0 Å². The normalized spacial score (nSPS) is 19.2. The van der Waals surface area contributed by atoms with Crippen LogP contribution < -0.4 is 10.5 Å². The van der Waals surface area contributed by atoms with Gasteiger partial charge in [0.2, 0.25) is 0 Å². The molecule has 0 spiro atoms. The molecule has 1 aliphatic heterocycles. The first kappa shape index (κ1) is 21.8. The standard InChI is InChI=1S/C17H20ClN3O2.2ClH/c1-11-7-12(8-19)9-21(11)16(22)10-23-15-5-4-14(18)13-3-2-6-20-17(13)15;;/h2-6,11-12H,7-10,19H2,1H3;2*1H. The average Bonchev–Trinajstić information content (AvgIpc) is 2.95. The molecule has 0 saturated carbocycles. The Labute approximate surface area is 164 Å². The van der Waals surface area contributed by atoms with Crippen molar-refractivity contribution in [3.63, 3.8) is 0 Å². The van der Waals surface area contributed by atoms with E-state index in [2.05, 4.69) is 4.98 Å². The topological polar surface area (TPSA) is 68.5 Å². The van der Waals surface area contributed by atoms with Crippen molar-refractivity contribution >= 4 is 53.2 Å². The van der Waals surface area contributed by atoms with Crippen LogP contribution in [-0.2, 0) is 4.79 Å². The number of likely N-dealkylation sites (tertiary alicyclic amines) is 1. The minimum atomic E-state index is -0.0209. The zero-order valence-corrected chi connectivity index (χ0v) is 16.2. The third-order valence-electron chi connectivity index (χ3n) is 4.35. The smallest absolute Gasteiger partial charge is 0.260 e. The second kappa shape index (κ2) is 9.43. The number of hydrogen-bond acceptors (Lipinski definition) is 4. The fraction of sp³-hybridized carbons (Fsp3) is 0.412. The van der Waals surface area contributed by atoms with E-state index in [1.165, 1.54) is 0 Å². The Morgan fingerprint density at radius 3 is 2.84 bits per heavy atom. The van der Waals surface area contributed by atoms with Crippen LogP contribution in [0.2, 0.25) is 5.02 Å². The van der Waals surface area contributed by atoms with Gasteiger partial charge in [0.15, 0.2) is 6.61 Å². The van der Waals surface area contributed by atoms with E-state index in [4.69, 9.17) is 22.1 Å². The van der Waals surface area contributed by atoms with Gasteiger partial charge >= 0.3 is 0 Å². The number of aromatic nitrogens is 1. The van der Waals surface area contributed by atoms with E-state index in [0.29, 0.717) is 35.3 Å². The molecule has 1 amide bonds. The molecule has 25 heavy (non-hydrogen) atoms. The number of nitrogens with zero attached hydrogens (tertiary/aromatic N) is 2. The van der Waals surface area contributed by atoms with Crippen molar-refractivity contribution in [2.75, 3.05) is 19.7 Å².